The summed E-state index contributed by atoms with van der Waals surface area (Å²) in [6, 6.07) is 11.9. The van der Waals surface area contributed by atoms with Crippen LogP contribution in [0.15, 0.2) is 52.3 Å². The van der Waals surface area contributed by atoms with Gasteiger partial charge in [-0.2, -0.15) is 4.31 Å². The molecule has 0 radical (unpaired) electrons. The van der Waals surface area contributed by atoms with E-state index < -0.39 is 10.0 Å². The lowest BCUT2D eigenvalue weighted by atomic mass is 10.2. The van der Waals surface area contributed by atoms with Crippen LogP contribution in [0.1, 0.15) is 24.2 Å². The number of nitrogens with zero attached hydrogens (tertiary/aromatic N) is 1. The van der Waals surface area contributed by atoms with E-state index in [9.17, 15) is 13.2 Å². The summed E-state index contributed by atoms with van der Waals surface area (Å²) in [6.45, 7) is 4.20. The van der Waals surface area contributed by atoms with E-state index in [2.05, 4.69) is 5.32 Å². The van der Waals surface area contributed by atoms with Crippen LogP contribution < -0.4 is 10.1 Å². The van der Waals surface area contributed by atoms with Gasteiger partial charge in [-0.25, -0.2) is 8.42 Å². The number of ether oxygens (including phenoxy) is 1. The topological polar surface area (TPSA) is 75.7 Å². The van der Waals surface area contributed by atoms with Crippen molar-refractivity contribution < 1.29 is 17.9 Å². The first kappa shape index (κ1) is 21.3. The molecule has 8 heteroatoms. The first-order valence-corrected chi connectivity index (χ1v) is 11.2. The quantitative estimate of drug-likeness (QED) is 0.674. The standard InChI is InChI=1S/C19H24N2O4S2/c1-5-21(6-2)27(23,24)18-12-14(10-11-17(18)25-3)19(22)20-15-8-7-9-16(13-15)26-4/h7-13H,5-6H2,1-4H3,(H,20,22). The number of anilines is 1. The molecule has 0 aliphatic heterocycles. The Morgan fingerprint density at radius 3 is 2.44 bits per heavy atom. The van der Waals surface area contributed by atoms with Crippen molar-refractivity contribution in [1.82, 2.24) is 4.31 Å². The fraction of sp³-hybridized carbons (Fsp3) is 0.316. The molecule has 0 aliphatic rings. The fourth-order valence-corrected chi connectivity index (χ4v) is 4.73. The van der Waals surface area contributed by atoms with Crippen LogP contribution in [0.5, 0.6) is 5.75 Å². The smallest absolute Gasteiger partial charge is 0.255 e. The van der Waals surface area contributed by atoms with Gasteiger partial charge in [0.1, 0.15) is 10.6 Å². The lowest BCUT2D eigenvalue weighted by Gasteiger charge is -2.20. The van der Waals surface area contributed by atoms with Gasteiger partial charge in [-0.05, 0) is 42.7 Å². The number of hydrogen-bond donors (Lipinski definition) is 1. The van der Waals surface area contributed by atoms with Crippen LogP contribution >= 0.6 is 11.8 Å². The van der Waals surface area contributed by atoms with Gasteiger partial charge in [0.2, 0.25) is 10.0 Å². The fourth-order valence-electron chi connectivity index (χ4n) is 2.63. The molecule has 0 heterocycles. The Morgan fingerprint density at radius 2 is 1.85 bits per heavy atom. The van der Waals surface area contributed by atoms with Gasteiger partial charge in [-0.1, -0.05) is 19.9 Å². The molecule has 2 aromatic carbocycles. The molecular weight excluding hydrogens is 384 g/mol. The first-order valence-electron chi connectivity index (χ1n) is 8.50. The van der Waals surface area contributed by atoms with Crippen molar-refractivity contribution in [3.8, 4) is 5.75 Å². The zero-order valence-corrected chi connectivity index (χ0v) is 17.5. The molecule has 1 N–H and O–H groups in total. The van der Waals surface area contributed by atoms with Crippen molar-refractivity contribution in [2.75, 3.05) is 31.8 Å². The number of rotatable bonds is 8. The van der Waals surface area contributed by atoms with Crippen molar-refractivity contribution in [2.45, 2.75) is 23.6 Å². The maximum absolute atomic E-state index is 12.9. The zero-order valence-electron chi connectivity index (χ0n) is 15.9. The van der Waals surface area contributed by atoms with Gasteiger partial charge in [0.25, 0.3) is 5.91 Å². The van der Waals surface area contributed by atoms with Gasteiger partial charge in [0.05, 0.1) is 7.11 Å². The van der Waals surface area contributed by atoms with Gasteiger partial charge in [0, 0.05) is 29.2 Å². The molecule has 1 amide bonds. The molecule has 0 bridgehead atoms. The van der Waals surface area contributed by atoms with E-state index in [1.165, 1.54) is 23.5 Å². The number of methoxy groups -OCH3 is 1. The molecule has 0 aliphatic carbocycles. The second-order valence-electron chi connectivity index (χ2n) is 5.64. The summed E-state index contributed by atoms with van der Waals surface area (Å²) in [4.78, 5) is 13.6. The predicted molar refractivity (Wildman–Crippen MR) is 109 cm³/mol. The summed E-state index contributed by atoms with van der Waals surface area (Å²) < 4.78 is 32.3. The number of amides is 1. The van der Waals surface area contributed by atoms with E-state index in [1.807, 2.05) is 24.5 Å². The number of thioether (sulfide) groups is 1. The van der Waals surface area contributed by atoms with Crippen LogP contribution in [-0.4, -0.2) is 45.1 Å². The Hall–Kier alpha value is -2.03. The third-order valence-corrected chi connectivity index (χ3v) is 6.87. The van der Waals surface area contributed by atoms with Crippen molar-refractivity contribution in [3.63, 3.8) is 0 Å². The van der Waals surface area contributed by atoms with Crippen molar-refractivity contribution in [2.24, 2.45) is 0 Å². The van der Waals surface area contributed by atoms with E-state index in [-0.39, 0.29) is 22.1 Å². The Kier molecular flexibility index (Phi) is 7.29. The average molecular weight is 409 g/mol. The molecule has 0 saturated heterocycles. The molecular formula is C19H24N2O4S2. The van der Waals surface area contributed by atoms with Gasteiger partial charge < -0.3 is 10.1 Å². The first-order chi connectivity index (χ1) is 12.9. The monoisotopic (exact) mass is 408 g/mol. The van der Waals surface area contributed by atoms with Crippen LogP contribution in [0.2, 0.25) is 0 Å². The number of sulfonamides is 1. The molecule has 2 rings (SSSR count). The Labute approximate surface area is 165 Å². The van der Waals surface area contributed by atoms with Gasteiger partial charge in [-0.3, -0.25) is 4.79 Å². The van der Waals surface area contributed by atoms with Gasteiger partial charge in [-0.15, -0.1) is 11.8 Å². The molecule has 0 saturated carbocycles. The summed E-state index contributed by atoms with van der Waals surface area (Å²) in [7, 11) is -2.35. The van der Waals surface area contributed by atoms with Crippen LogP contribution in [-0.2, 0) is 10.0 Å². The highest BCUT2D eigenvalue weighted by Crippen LogP contribution is 2.28. The average Bonchev–Trinajstić information content (AvgIpc) is 2.68. The molecule has 27 heavy (non-hydrogen) atoms. The highest BCUT2D eigenvalue weighted by molar-refractivity contribution is 7.98. The van der Waals surface area contributed by atoms with Crippen LogP contribution in [0.3, 0.4) is 0 Å². The van der Waals surface area contributed by atoms with Crippen molar-refractivity contribution in [1.29, 1.82) is 0 Å². The number of benzene rings is 2. The molecule has 0 atom stereocenters. The SMILES string of the molecule is CCN(CC)S(=O)(=O)c1cc(C(=O)Nc2cccc(SC)c2)ccc1OC. The van der Waals surface area contributed by atoms with Crippen LogP contribution in [0.4, 0.5) is 5.69 Å². The Bertz CT molecular complexity index is 910. The van der Waals surface area contributed by atoms with Crippen molar-refractivity contribution >= 4 is 33.4 Å². The molecule has 6 nitrogen and oxygen atoms in total. The summed E-state index contributed by atoms with van der Waals surface area (Å²) in [6.07, 6.45) is 1.95. The van der Waals surface area contributed by atoms with E-state index >= 15 is 0 Å². The van der Waals surface area contributed by atoms with Crippen LogP contribution in [0.25, 0.3) is 0 Å². The Balaban J connectivity index is 2.39. The lowest BCUT2D eigenvalue weighted by Crippen LogP contribution is -2.31. The second-order valence-corrected chi connectivity index (χ2v) is 8.43. The molecule has 2 aromatic rings. The van der Waals surface area contributed by atoms with Crippen molar-refractivity contribution in [3.05, 3.63) is 48.0 Å². The summed E-state index contributed by atoms with van der Waals surface area (Å²) >= 11 is 1.57. The second kappa shape index (κ2) is 9.25. The number of carbonyl (C=O) groups excluding carboxylic acids is 1. The predicted octanol–water partition coefficient (Wildman–Crippen LogP) is 3.70. The van der Waals surface area contributed by atoms with Crippen LogP contribution in [0, 0.1) is 0 Å². The third-order valence-electron chi connectivity index (χ3n) is 4.08. The highest BCUT2D eigenvalue weighted by atomic mass is 32.2. The maximum Gasteiger partial charge on any atom is 0.255 e. The van der Waals surface area contributed by atoms with E-state index in [0.717, 1.165) is 4.90 Å². The minimum atomic E-state index is -3.76. The molecule has 146 valence electrons. The lowest BCUT2D eigenvalue weighted by molar-refractivity contribution is 0.102. The van der Waals surface area contributed by atoms with E-state index in [4.69, 9.17) is 4.74 Å². The molecule has 0 fully saturated rings. The normalized spacial score (nSPS) is 11.4. The number of carbonyl (C=O) groups is 1. The molecule has 0 aromatic heterocycles. The maximum atomic E-state index is 12.9. The summed E-state index contributed by atoms with van der Waals surface area (Å²) in [5.74, 6) is -0.172. The largest absolute Gasteiger partial charge is 0.495 e. The third kappa shape index (κ3) is 4.82. The number of nitrogens with one attached hydrogen (secondary N) is 1. The van der Waals surface area contributed by atoms with Gasteiger partial charge >= 0.3 is 0 Å². The Morgan fingerprint density at radius 1 is 1.15 bits per heavy atom. The summed E-state index contributed by atoms with van der Waals surface area (Å²) in [5.41, 5.74) is 0.895. The highest BCUT2D eigenvalue weighted by Gasteiger charge is 2.26. The van der Waals surface area contributed by atoms with E-state index in [1.54, 1.807) is 37.7 Å². The van der Waals surface area contributed by atoms with E-state index in [0.29, 0.717) is 18.8 Å². The summed E-state index contributed by atoms with van der Waals surface area (Å²) in [5, 5.41) is 2.80. The minimum Gasteiger partial charge on any atom is -0.495 e. The molecule has 0 spiro atoms. The van der Waals surface area contributed by atoms with Gasteiger partial charge in [0.15, 0.2) is 0 Å². The number of hydrogen-bond acceptors (Lipinski definition) is 5. The zero-order chi connectivity index (χ0) is 20.0. The minimum absolute atomic E-state index is 0.0146. The molecule has 0 unspecified atom stereocenters.